The van der Waals surface area contributed by atoms with Crippen molar-refractivity contribution in [3.63, 3.8) is 0 Å². The number of para-hydroxylation sites is 1. The molecule has 3 rings (SSSR count). The Bertz CT molecular complexity index is 889. The Morgan fingerprint density at radius 2 is 1.52 bits per heavy atom. The van der Waals surface area contributed by atoms with Crippen molar-refractivity contribution in [1.29, 1.82) is 0 Å². The molecule has 0 saturated carbocycles. The quantitative estimate of drug-likeness (QED) is 0.629. The molecule has 0 aliphatic rings. The van der Waals surface area contributed by atoms with Gasteiger partial charge < -0.3 is 16.4 Å². The molecule has 4 N–H and O–H groups in total. The fraction of sp³-hybridized carbons (Fsp3) is 0.200. The number of benzene rings is 2. The van der Waals surface area contributed by atoms with E-state index in [0.717, 1.165) is 17.8 Å². The van der Waals surface area contributed by atoms with Gasteiger partial charge in [0.2, 0.25) is 0 Å². The van der Waals surface area contributed by atoms with Crippen LogP contribution in [-0.2, 0) is 6.42 Å². The van der Waals surface area contributed by atoms with Crippen molar-refractivity contribution < 1.29 is 0 Å². The van der Waals surface area contributed by atoms with E-state index in [2.05, 4.69) is 53.5 Å². The molecule has 3 aromatic rings. The maximum atomic E-state index is 6.31. The average Bonchev–Trinajstić information content (AvgIpc) is 2.62. The number of anilines is 5. The number of nitrogens with one attached hydrogen (secondary N) is 2. The molecule has 1 heterocycles. The first-order valence-electron chi connectivity index (χ1n) is 8.38. The second-order valence-corrected chi connectivity index (χ2v) is 5.99. The summed E-state index contributed by atoms with van der Waals surface area (Å²) in [5.41, 5.74) is 12.4. The second-order valence-electron chi connectivity index (χ2n) is 5.99. The molecule has 25 heavy (non-hydrogen) atoms. The number of nitrogens with two attached hydrogens (primary N) is 1. The van der Waals surface area contributed by atoms with Crippen LogP contribution < -0.4 is 16.4 Å². The van der Waals surface area contributed by atoms with Crippen LogP contribution in [0.2, 0.25) is 0 Å². The Kier molecular flexibility index (Phi) is 4.84. The normalized spacial score (nSPS) is 10.5. The molecule has 0 radical (unpaired) electrons. The Labute approximate surface area is 148 Å². The summed E-state index contributed by atoms with van der Waals surface area (Å²) in [5, 5.41) is 6.65. The molecular weight excluding hydrogens is 310 g/mol. The van der Waals surface area contributed by atoms with Crippen LogP contribution in [0.15, 0.2) is 48.8 Å². The third-order valence-electron chi connectivity index (χ3n) is 4.39. The van der Waals surface area contributed by atoms with E-state index in [9.17, 15) is 0 Å². The lowest BCUT2D eigenvalue weighted by atomic mass is 10.1. The van der Waals surface area contributed by atoms with E-state index in [0.29, 0.717) is 17.3 Å². The standard InChI is InChI=1S/C20H23N5/c1-4-15-9-5-6-10-17(15)25-20-18(21)19(22-12-23-20)24-16-11-7-8-13(2)14(16)3/h5-12H,4,21H2,1-3H3,(H2,22,23,24,25). The van der Waals surface area contributed by atoms with Gasteiger partial charge in [-0.05, 0) is 49.1 Å². The number of aromatic nitrogens is 2. The Balaban J connectivity index is 1.91. The summed E-state index contributed by atoms with van der Waals surface area (Å²) in [5.74, 6) is 1.20. The number of aryl methyl sites for hydroxylation is 2. The van der Waals surface area contributed by atoms with Gasteiger partial charge in [0, 0.05) is 11.4 Å². The van der Waals surface area contributed by atoms with Crippen molar-refractivity contribution in [2.24, 2.45) is 0 Å². The van der Waals surface area contributed by atoms with Gasteiger partial charge in [-0.25, -0.2) is 9.97 Å². The molecule has 0 atom stereocenters. The molecule has 5 heteroatoms. The van der Waals surface area contributed by atoms with Crippen LogP contribution in [0.5, 0.6) is 0 Å². The summed E-state index contributed by atoms with van der Waals surface area (Å²) in [4.78, 5) is 8.61. The maximum Gasteiger partial charge on any atom is 0.159 e. The molecule has 2 aromatic carbocycles. The summed E-state index contributed by atoms with van der Waals surface area (Å²) >= 11 is 0. The number of nitrogen functional groups attached to an aromatic ring is 1. The monoisotopic (exact) mass is 333 g/mol. The van der Waals surface area contributed by atoms with Crippen LogP contribution >= 0.6 is 0 Å². The topological polar surface area (TPSA) is 75.9 Å². The number of hydrogen-bond donors (Lipinski definition) is 3. The molecule has 0 saturated heterocycles. The SMILES string of the molecule is CCc1ccccc1Nc1ncnc(Nc2cccc(C)c2C)c1N. The maximum absolute atomic E-state index is 6.31. The van der Waals surface area contributed by atoms with E-state index in [-0.39, 0.29) is 0 Å². The lowest BCUT2D eigenvalue weighted by molar-refractivity contribution is 1.13. The van der Waals surface area contributed by atoms with Gasteiger partial charge in [0.1, 0.15) is 12.0 Å². The predicted octanol–water partition coefficient (Wildman–Crippen LogP) is 4.73. The highest BCUT2D eigenvalue weighted by molar-refractivity contribution is 5.81. The molecule has 5 nitrogen and oxygen atoms in total. The lowest BCUT2D eigenvalue weighted by Gasteiger charge is -2.15. The molecular formula is C20H23N5. The molecule has 0 amide bonds. The minimum absolute atomic E-state index is 0.495. The van der Waals surface area contributed by atoms with E-state index in [1.165, 1.54) is 23.0 Å². The number of nitrogens with zero attached hydrogens (tertiary/aromatic N) is 2. The zero-order valence-electron chi connectivity index (χ0n) is 14.8. The lowest BCUT2D eigenvalue weighted by Crippen LogP contribution is -2.06. The number of rotatable bonds is 5. The van der Waals surface area contributed by atoms with Gasteiger partial charge in [-0.15, -0.1) is 0 Å². The van der Waals surface area contributed by atoms with Gasteiger partial charge >= 0.3 is 0 Å². The molecule has 1 aromatic heterocycles. The largest absolute Gasteiger partial charge is 0.393 e. The van der Waals surface area contributed by atoms with Crippen LogP contribution in [0.4, 0.5) is 28.7 Å². The smallest absolute Gasteiger partial charge is 0.159 e. The van der Waals surface area contributed by atoms with Crippen LogP contribution in [0.1, 0.15) is 23.6 Å². The van der Waals surface area contributed by atoms with Crippen molar-refractivity contribution in [3.05, 3.63) is 65.5 Å². The molecule has 0 spiro atoms. The van der Waals surface area contributed by atoms with Gasteiger partial charge in [0.25, 0.3) is 0 Å². The fourth-order valence-electron chi connectivity index (χ4n) is 2.69. The summed E-state index contributed by atoms with van der Waals surface area (Å²) in [6, 6.07) is 14.3. The molecule has 0 bridgehead atoms. The minimum atomic E-state index is 0.495. The highest BCUT2D eigenvalue weighted by atomic mass is 15.1. The van der Waals surface area contributed by atoms with Gasteiger partial charge in [-0.1, -0.05) is 37.3 Å². The zero-order valence-corrected chi connectivity index (χ0v) is 14.8. The molecule has 0 aliphatic carbocycles. The Morgan fingerprint density at radius 3 is 2.24 bits per heavy atom. The van der Waals surface area contributed by atoms with Gasteiger partial charge in [0.15, 0.2) is 11.6 Å². The molecule has 0 aliphatic heterocycles. The van der Waals surface area contributed by atoms with Crippen molar-refractivity contribution in [1.82, 2.24) is 9.97 Å². The Morgan fingerprint density at radius 1 is 0.880 bits per heavy atom. The van der Waals surface area contributed by atoms with E-state index in [1.807, 2.05) is 30.3 Å². The Hall–Kier alpha value is -3.08. The third-order valence-corrected chi connectivity index (χ3v) is 4.39. The number of hydrogen-bond acceptors (Lipinski definition) is 5. The first kappa shape index (κ1) is 16.8. The van der Waals surface area contributed by atoms with Crippen molar-refractivity contribution in [3.8, 4) is 0 Å². The predicted molar refractivity (Wildman–Crippen MR) is 105 cm³/mol. The summed E-state index contributed by atoms with van der Waals surface area (Å²) in [6.45, 7) is 6.28. The first-order chi connectivity index (χ1) is 12.1. The fourth-order valence-corrected chi connectivity index (χ4v) is 2.69. The first-order valence-corrected chi connectivity index (χ1v) is 8.38. The van der Waals surface area contributed by atoms with E-state index < -0.39 is 0 Å². The van der Waals surface area contributed by atoms with E-state index in [1.54, 1.807) is 0 Å². The highest BCUT2D eigenvalue weighted by Crippen LogP contribution is 2.30. The van der Waals surface area contributed by atoms with Crippen molar-refractivity contribution in [2.45, 2.75) is 27.2 Å². The molecule has 0 fully saturated rings. The van der Waals surface area contributed by atoms with Gasteiger partial charge in [-0.3, -0.25) is 0 Å². The third kappa shape index (κ3) is 3.55. The van der Waals surface area contributed by atoms with Crippen LogP contribution in [0.3, 0.4) is 0 Å². The van der Waals surface area contributed by atoms with Crippen LogP contribution in [0, 0.1) is 13.8 Å². The summed E-state index contributed by atoms with van der Waals surface area (Å²) < 4.78 is 0. The second kappa shape index (κ2) is 7.21. The minimum Gasteiger partial charge on any atom is -0.393 e. The molecule has 0 unspecified atom stereocenters. The highest BCUT2D eigenvalue weighted by Gasteiger charge is 2.11. The average molecular weight is 333 g/mol. The van der Waals surface area contributed by atoms with Crippen molar-refractivity contribution in [2.75, 3.05) is 16.4 Å². The van der Waals surface area contributed by atoms with Crippen LogP contribution in [0.25, 0.3) is 0 Å². The van der Waals surface area contributed by atoms with E-state index in [4.69, 9.17) is 5.73 Å². The molecule has 128 valence electrons. The van der Waals surface area contributed by atoms with Crippen molar-refractivity contribution >= 4 is 28.7 Å². The van der Waals surface area contributed by atoms with Gasteiger partial charge in [0.05, 0.1) is 0 Å². The van der Waals surface area contributed by atoms with Gasteiger partial charge in [-0.2, -0.15) is 0 Å². The summed E-state index contributed by atoms with van der Waals surface area (Å²) in [7, 11) is 0. The zero-order chi connectivity index (χ0) is 17.8. The van der Waals surface area contributed by atoms with Crippen LogP contribution in [-0.4, -0.2) is 9.97 Å². The van der Waals surface area contributed by atoms with E-state index >= 15 is 0 Å². The summed E-state index contributed by atoms with van der Waals surface area (Å²) in [6.07, 6.45) is 2.45.